The lowest BCUT2D eigenvalue weighted by Crippen LogP contribution is -2.28. The van der Waals surface area contributed by atoms with Gasteiger partial charge in [-0.3, -0.25) is 0 Å². The molecule has 84 valence electrons. The van der Waals surface area contributed by atoms with Gasteiger partial charge in [0.25, 0.3) is 0 Å². The maximum absolute atomic E-state index is 11.1. The second-order valence-corrected chi connectivity index (χ2v) is 3.92. The van der Waals surface area contributed by atoms with Gasteiger partial charge in [-0.05, 0) is 19.8 Å². The van der Waals surface area contributed by atoms with Crippen LogP contribution < -0.4 is 0 Å². The maximum Gasteiger partial charge on any atom is 0.129 e. The first-order chi connectivity index (χ1) is 7.10. The Morgan fingerprint density at radius 3 is 2.20 bits per heavy atom. The molecule has 0 spiro atoms. The van der Waals surface area contributed by atoms with E-state index in [1.165, 1.54) is 0 Å². The van der Waals surface area contributed by atoms with Crippen molar-refractivity contribution in [3.05, 3.63) is 37.5 Å². The highest BCUT2D eigenvalue weighted by Gasteiger charge is 2.27. The van der Waals surface area contributed by atoms with Gasteiger partial charge in [0, 0.05) is 0 Å². The molecule has 0 saturated heterocycles. The summed E-state index contributed by atoms with van der Waals surface area (Å²) in [7, 11) is 0. The molecule has 0 amide bonds. The largest absolute Gasteiger partial charge is 0.376 e. The highest BCUT2D eigenvalue weighted by molar-refractivity contribution is 5.60. The zero-order valence-electron chi connectivity index (χ0n) is 9.50. The second kappa shape index (κ2) is 7.18. The van der Waals surface area contributed by atoms with Crippen LogP contribution in [-0.4, -0.2) is 19.5 Å². The molecule has 0 N–H and O–H groups in total. The number of ether oxygens (including phenoxy) is 1. The van der Waals surface area contributed by atoms with E-state index in [4.69, 9.17) is 4.74 Å². The summed E-state index contributed by atoms with van der Waals surface area (Å²) in [6.45, 7) is 13.8. The van der Waals surface area contributed by atoms with E-state index in [-0.39, 0.29) is 0 Å². The van der Waals surface area contributed by atoms with Gasteiger partial charge in [0.05, 0.1) is 18.6 Å². The second-order valence-electron chi connectivity index (χ2n) is 3.92. The van der Waals surface area contributed by atoms with Crippen molar-refractivity contribution >= 4 is 6.29 Å². The van der Waals surface area contributed by atoms with E-state index >= 15 is 0 Å². The van der Waals surface area contributed by atoms with Gasteiger partial charge in [-0.15, -0.1) is 13.2 Å². The quantitative estimate of drug-likeness (QED) is 0.430. The van der Waals surface area contributed by atoms with Crippen LogP contribution in [0.2, 0.25) is 0 Å². The molecule has 0 fully saturated rings. The Morgan fingerprint density at radius 2 is 1.87 bits per heavy atom. The number of allylic oxidation sites excluding steroid dienone is 2. The van der Waals surface area contributed by atoms with Crippen LogP contribution in [0.4, 0.5) is 0 Å². The summed E-state index contributed by atoms with van der Waals surface area (Å²) in [4.78, 5) is 11.1. The summed E-state index contributed by atoms with van der Waals surface area (Å²) in [6, 6.07) is 0. The minimum Gasteiger partial charge on any atom is -0.376 e. The van der Waals surface area contributed by atoms with Crippen molar-refractivity contribution in [3.63, 3.8) is 0 Å². The normalized spacial score (nSPS) is 10.7. The Morgan fingerprint density at radius 1 is 1.33 bits per heavy atom. The Balaban J connectivity index is 4.32. The predicted octanol–water partition coefficient (Wildman–Crippen LogP) is 2.92. The lowest BCUT2D eigenvalue weighted by Gasteiger charge is -2.25. The summed E-state index contributed by atoms with van der Waals surface area (Å²) in [6.07, 6.45) is 5.64. The molecule has 2 nitrogen and oxygen atoms in total. The molecule has 0 aromatic carbocycles. The lowest BCUT2D eigenvalue weighted by atomic mass is 9.83. The molecule has 0 bridgehead atoms. The lowest BCUT2D eigenvalue weighted by molar-refractivity contribution is -0.119. The Bertz CT molecular complexity index is 231. The van der Waals surface area contributed by atoms with Crippen LogP contribution >= 0.6 is 0 Å². The number of rotatable bonds is 9. The molecule has 0 atom stereocenters. The molecule has 0 aromatic heterocycles. The van der Waals surface area contributed by atoms with Gasteiger partial charge >= 0.3 is 0 Å². The number of carbonyl (C=O) groups excluding carboxylic acids is 1. The van der Waals surface area contributed by atoms with E-state index in [1.54, 1.807) is 12.2 Å². The highest BCUT2D eigenvalue weighted by Crippen LogP contribution is 2.25. The summed E-state index contributed by atoms with van der Waals surface area (Å²) >= 11 is 0. The molecule has 0 heterocycles. The summed E-state index contributed by atoms with van der Waals surface area (Å²) in [5.74, 6) is 0. The fourth-order valence-electron chi connectivity index (χ4n) is 1.33. The maximum atomic E-state index is 11.1. The van der Waals surface area contributed by atoms with Gasteiger partial charge in [0.2, 0.25) is 0 Å². The molecule has 0 rings (SSSR count). The minimum absolute atomic E-state index is 0.390. The van der Waals surface area contributed by atoms with E-state index in [9.17, 15) is 4.79 Å². The van der Waals surface area contributed by atoms with E-state index in [2.05, 4.69) is 19.7 Å². The zero-order valence-corrected chi connectivity index (χ0v) is 9.50. The van der Waals surface area contributed by atoms with Crippen LogP contribution in [-0.2, 0) is 9.53 Å². The average molecular weight is 208 g/mol. The zero-order chi connectivity index (χ0) is 11.7. The van der Waals surface area contributed by atoms with Crippen LogP contribution in [0.3, 0.4) is 0 Å². The number of aldehydes is 1. The van der Waals surface area contributed by atoms with Crippen molar-refractivity contribution < 1.29 is 9.53 Å². The molecule has 0 aliphatic rings. The van der Waals surface area contributed by atoms with Crippen LogP contribution in [0.1, 0.15) is 19.8 Å². The van der Waals surface area contributed by atoms with E-state index in [1.807, 2.05) is 6.92 Å². The number of hydrogen-bond acceptors (Lipinski definition) is 2. The van der Waals surface area contributed by atoms with Crippen molar-refractivity contribution in [2.45, 2.75) is 19.8 Å². The standard InChI is InChI=1S/C13H20O2/c1-5-7-13(10-14,8-6-2)11-15-9-12(3)4/h5-6,10H,1-3,7-9,11H2,4H3. The van der Waals surface area contributed by atoms with Crippen LogP contribution in [0.15, 0.2) is 37.5 Å². The number of hydrogen-bond donors (Lipinski definition) is 0. The molecule has 0 aromatic rings. The van der Waals surface area contributed by atoms with Gasteiger partial charge in [-0.2, -0.15) is 0 Å². The van der Waals surface area contributed by atoms with Gasteiger partial charge in [0.15, 0.2) is 0 Å². The van der Waals surface area contributed by atoms with Crippen molar-refractivity contribution in [1.82, 2.24) is 0 Å². The molecule has 15 heavy (non-hydrogen) atoms. The SMILES string of the molecule is C=CCC(C=O)(CC=C)COCC(=C)C. The van der Waals surface area contributed by atoms with Crippen LogP contribution in [0.5, 0.6) is 0 Å². The first-order valence-corrected chi connectivity index (χ1v) is 5.00. The van der Waals surface area contributed by atoms with Gasteiger partial charge in [-0.1, -0.05) is 24.3 Å². The highest BCUT2D eigenvalue weighted by atomic mass is 16.5. The van der Waals surface area contributed by atoms with Crippen LogP contribution in [0.25, 0.3) is 0 Å². The molecular formula is C13H20O2. The molecule has 0 aliphatic heterocycles. The fourth-order valence-corrected chi connectivity index (χ4v) is 1.33. The van der Waals surface area contributed by atoms with E-state index in [0.29, 0.717) is 26.1 Å². The average Bonchev–Trinajstić information content (AvgIpc) is 2.17. The van der Waals surface area contributed by atoms with Crippen molar-refractivity contribution in [3.8, 4) is 0 Å². The third-order valence-corrected chi connectivity index (χ3v) is 2.09. The minimum atomic E-state index is -0.501. The van der Waals surface area contributed by atoms with Crippen LogP contribution in [0, 0.1) is 5.41 Å². The van der Waals surface area contributed by atoms with Gasteiger partial charge in [-0.25, -0.2) is 0 Å². The molecule has 0 radical (unpaired) electrons. The molecule has 0 unspecified atom stereocenters. The van der Waals surface area contributed by atoms with Crippen molar-refractivity contribution in [2.75, 3.05) is 13.2 Å². The summed E-state index contributed by atoms with van der Waals surface area (Å²) in [5, 5.41) is 0. The third kappa shape index (κ3) is 5.33. The van der Waals surface area contributed by atoms with Crippen molar-refractivity contribution in [2.24, 2.45) is 5.41 Å². The monoisotopic (exact) mass is 208 g/mol. The number of carbonyl (C=O) groups is 1. The summed E-state index contributed by atoms with van der Waals surface area (Å²) < 4.78 is 5.43. The molecule has 0 saturated carbocycles. The topological polar surface area (TPSA) is 26.3 Å². The van der Waals surface area contributed by atoms with Crippen molar-refractivity contribution in [1.29, 1.82) is 0 Å². The van der Waals surface area contributed by atoms with Gasteiger partial charge in [0.1, 0.15) is 6.29 Å². The Hall–Kier alpha value is -1.15. The fraction of sp³-hybridized carbons (Fsp3) is 0.462. The molecular weight excluding hydrogens is 188 g/mol. The Kier molecular flexibility index (Phi) is 6.63. The van der Waals surface area contributed by atoms with Gasteiger partial charge < -0.3 is 9.53 Å². The first kappa shape index (κ1) is 13.8. The Labute approximate surface area is 92.3 Å². The van der Waals surface area contributed by atoms with E-state index in [0.717, 1.165) is 11.9 Å². The first-order valence-electron chi connectivity index (χ1n) is 5.00. The summed E-state index contributed by atoms with van der Waals surface area (Å²) in [5.41, 5.74) is 0.450. The predicted molar refractivity (Wildman–Crippen MR) is 63.8 cm³/mol. The smallest absolute Gasteiger partial charge is 0.129 e. The van der Waals surface area contributed by atoms with E-state index < -0.39 is 5.41 Å². The molecule has 2 heteroatoms. The third-order valence-electron chi connectivity index (χ3n) is 2.09. The molecule has 0 aliphatic carbocycles.